The lowest BCUT2D eigenvalue weighted by atomic mass is 10.2. The standard InChI is InChI=1S/C15H12Cl3N5O/c1-22-7-11(17)13(20-22)15(24)19-14-12(18)8-23(21-14)6-9-4-2-3-5-10(9)16/h2-5,7-8H,6H2,1H3,(H,19,21,24). The third-order valence-electron chi connectivity index (χ3n) is 3.24. The number of carbonyl (C=O) groups is 1. The summed E-state index contributed by atoms with van der Waals surface area (Å²) in [6.45, 7) is 0.430. The van der Waals surface area contributed by atoms with Gasteiger partial charge in [0.25, 0.3) is 5.91 Å². The van der Waals surface area contributed by atoms with E-state index in [1.165, 1.54) is 10.9 Å². The number of halogens is 3. The molecule has 2 heterocycles. The second-order valence-electron chi connectivity index (χ2n) is 5.07. The number of anilines is 1. The third-order valence-corrected chi connectivity index (χ3v) is 4.16. The molecule has 0 spiro atoms. The summed E-state index contributed by atoms with van der Waals surface area (Å²) in [5.41, 5.74) is 1.000. The molecule has 0 radical (unpaired) electrons. The van der Waals surface area contributed by atoms with Gasteiger partial charge in [0.1, 0.15) is 5.02 Å². The fourth-order valence-corrected chi connectivity index (χ4v) is 2.80. The summed E-state index contributed by atoms with van der Waals surface area (Å²) in [6, 6.07) is 7.43. The van der Waals surface area contributed by atoms with Gasteiger partial charge in [0.05, 0.1) is 11.6 Å². The Labute approximate surface area is 152 Å². The molecular weight excluding hydrogens is 373 g/mol. The Morgan fingerprint density at radius 3 is 2.50 bits per heavy atom. The van der Waals surface area contributed by atoms with E-state index in [2.05, 4.69) is 15.5 Å². The van der Waals surface area contributed by atoms with Crippen molar-refractivity contribution in [2.24, 2.45) is 7.05 Å². The molecule has 0 bridgehead atoms. The maximum absolute atomic E-state index is 12.2. The van der Waals surface area contributed by atoms with Crippen LogP contribution in [0.3, 0.4) is 0 Å². The van der Waals surface area contributed by atoms with Crippen LogP contribution in [-0.2, 0) is 13.6 Å². The smallest absolute Gasteiger partial charge is 0.278 e. The molecule has 124 valence electrons. The number of nitrogens with zero attached hydrogens (tertiary/aromatic N) is 4. The fraction of sp³-hybridized carbons (Fsp3) is 0.133. The molecule has 3 aromatic rings. The Morgan fingerprint density at radius 1 is 1.08 bits per heavy atom. The zero-order valence-corrected chi connectivity index (χ0v) is 14.8. The van der Waals surface area contributed by atoms with E-state index in [4.69, 9.17) is 34.8 Å². The van der Waals surface area contributed by atoms with Crippen LogP contribution in [0.25, 0.3) is 0 Å². The van der Waals surface area contributed by atoms with Crippen molar-refractivity contribution in [3.05, 3.63) is 63.0 Å². The maximum atomic E-state index is 12.2. The van der Waals surface area contributed by atoms with Crippen LogP contribution in [0.15, 0.2) is 36.7 Å². The van der Waals surface area contributed by atoms with E-state index in [-0.39, 0.29) is 16.5 Å². The maximum Gasteiger partial charge on any atom is 0.278 e. The minimum atomic E-state index is -0.481. The summed E-state index contributed by atoms with van der Waals surface area (Å²) in [6.07, 6.45) is 3.15. The van der Waals surface area contributed by atoms with Crippen molar-refractivity contribution >= 4 is 46.5 Å². The number of aromatic nitrogens is 4. The molecule has 2 aromatic heterocycles. The van der Waals surface area contributed by atoms with E-state index in [0.717, 1.165) is 5.56 Å². The van der Waals surface area contributed by atoms with Gasteiger partial charge < -0.3 is 5.32 Å². The van der Waals surface area contributed by atoms with E-state index < -0.39 is 5.91 Å². The van der Waals surface area contributed by atoms with Crippen LogP contribution >= 0.6 is 34.8 Å². The highest BCUT2D eigenvalue weighted by molar-refractivity contribution is 6.35. The van der Waals surface area contributed by atoms with Crippen molar-refractivity contribution < 1.29 is 4.79 Å². The lowest BCUT2D eigenvalue weighted by Gasteiger charge is -2.04. The normalized spacial score (nSPS) is 10.8. The summed E-state index contributed by atoms with van der Waals surface area (Å²) < 4.78 is 3.05. The number of aryl methyl sites for hydroxylation is 1. The van der Waals surface area contributed by atoms with Gasteiger partial charge in [-0.3, -0.25) is 14.2 Å². The van der Waals surface area contributed by atoms with Gasteiger partial charge in [-0.25, -0.2) is 0 Å². The molecule has 0 aliphatic heterocycles. The second-order valence-corrected chi connectivity index (χ2v) is 6.29. The van der Waals surface area contributed by atoms with Gasteiger partial charge >= 0.3 is 0 Å². The largest absolute Gasteiger partial charge is 0.302 e. The molecule has 1 N–H and O–H groups in total. The van der Waals surface area contributed by atoms with Crippen LogP contribution in [0.1, 0.15) is 16.1 Å². The van der Waals surface area contributed by atoms with Crippen LogP contribution in [0.2, 0.25) is 15.1 Å². The monoisotopic (exact) mass is 383 g/mol. The zero-order valence-electron chi connectivity index (χ0n) is 12.5. The summed E-state index contributed by atoms with van der Waals surface area (Å²) >= 11 is 18.2. The van der Waals surface area contributed by atoms with Crippen molar-refractivity contribution in [1.29, 1.82) is 0 Å². The van der Waals surface area contributed by atoms with Crippen molar-refractivity contribution in [3.8, 4) is 0 Å². The highest BCUT2D eigenvalue weighted by atomic mass is 35.5. The topological polar surface area (TPSA) is 64.7 Å². The van der Waals surface area contributed by atoms with Crippen LogP contribution < -0.4 is 5.32 Å². The van der Waals surface area contributed by atoms with Gasteiger partial charge in [-0.15, -0.1) is 0 Å². The van der Waals surface area contributed by atoms with Gasteiger partial charge in [0.2, 0.25) is 0 Å². The van der Waals surface area contributed by atoms with Crippen LogP contribution in [0.4, 0.5) is 5.82 Å². The molecule has 6 nitrogen and oxygen atoms in total. The van der Waals surface area contributed by atoms with E-state index in [0.29, 0.717) is 16.6 Å². The molecule has 0 fully saturated rings. The first kappa shape index (κ1) is 16.8. The van der Waals surface area contributed by atoms with E-state index in [9.17, 15) is 4.79 Å². The Kier molecular flexibility index (Phi) is 4.80. The molecule has 0 aliphatic carbocycles. The van der Waals surface area contributed by atoms with Crippen molar-refractivity contribution in [2.45, 2.75) is 6.54 Å². The average molecular weight is 385 g/mol. The summed E-state index contributed by atoms with van der Waals surface area (Å²) in [4.78, 5) is 12.2. The predicted octanol–water partition coefficient (Wildman–Crippen LogP) is 3.88. The molecule has 0 aliphatic rings. The van der Waals surface area contributed by atoms with E-state index in [1.807, 2.05) is 18.2 Å². The Bertz CT molecular complexity index is 902. The molecule has 0 saturated heterocycles. The quantitative estimate of drug-likeness (QED) is 0.742. The highest BCUT2D eigenvalue weighted by Gasteiger charge is 2.18. The Balaban J connectivity index is 1.78. The lowest BCUT2D eigenvalue weighted by molar-refractivity contribution is 0.102. The first-order chi connectivity index (χ1) is 11.4. The van der Waals surface area contributed by atoms with Gasteiger partial charge in [-0.2, -0.15) is 10.2 Å². The molecular formula is C15H12Cl3N5O. The third kappa shape index (κ3) is 3.56. The van der Waals surface area contributed by atoms with Gasteiger partial charge in [0, 0.05) is 24.5 Å². The minimum Gasteiger partial charge on any atom is -0.302 e. The van der Waals surface area contributed by atoms with Crippen molar-refractivity contribution in [3.63, 3.8) is 0 Å². The SMILES string of the molecule is Cn1cc(Cl)c(C(=O)Nc2nn(Cc3ccccc3Cl)cc2Cl)n1. The first-order valence-electron chi connectivity index (χ1n) is 6.91. The number of amides is 1. The molecule has 1 aromatic carbocycles. The Hall–Kier alpha value is -2.02. The zero-order chi connectivity index (χ0) is 17.3. The molecule has 0 saturated carbocycles. The first-order valence-corrected chi connectivity index (χ1v) is 8.04. The summed E-state index contributed by atoms with van der Waals surface area (Å²) in [7, 11) is 1.67. The minimum absolute atomic E-state index is 0.107. The van der Waals surface area contributed by atoms with Crippen molar-refractivity contribution in [1.82, 2.24) is 19.6 Å². The fourth-order valence-electron chi connectivity index (χ4n) is 2.14. The highest BCUT2D eigenvalue weighted by Crippen LogP contribution is 2.23. The molecule has 1 amide bonds. The number of nitrogens with one attached hydrogen (secondary N) is 1. The number of benzene rings is 1. The predicted molar refractivity (Wildman–Crippen MR) is 94.0 cm³/mol. The number of rotatable bonds is 4. The van der Waals surface area contributed by atoms with Gasteiger partial charge in [-0.1, -0.05) is 53.0 Å². The molecule has 0 atom stereocenters. The molecule has 3 rings (SSSR count). The van der Waals surface area contributed by atoms with Gasteiger partial charge in [-0.05, 0) is 11.6 Å². The van der Waals surface area contributed by atoms with Crippen LogP contribution in [-0.4, -0.2) is 25.5 Å². The van der Waals surface area contributed by atoms with Crippen LogP contribution in [0.5, 0.6) is 0 Å². The summed E-state index contributed by atoms with van der Waals surface area (Å²) in [5.74, 6) is -0.249. The van der Waals surface area contributed by atoms with E-state index in [1.54, 1.807) is 24.0 Å². The lowest BCUT2D eigenvalue weighted by Crippen LogP contribution is -2.14. The number of hydrogen-bond donors (Lipinski definition) is 1. The second kappa shape index (κ2) is 6.84. The number of hydrogen-bond acceptors (Lipinski definition) is 3. The Morgan fingerprint density at radius 2 is 1.83 bits per heavy atom. The molecule has 9 heteroatoms. The number of carbonyl (C=O) groups excluding carboxylic acids is 1. The van der Waals surface area contributed by atoms with Crippen LogP contribution in [0, 0.1) is 0 Å². The van der Waals surface area contributed by atoms with Gasteiger partial charge in [0.15, 0.2) is 11.5 Å². The van der Waals surface area contributed by atoms with Crippen molar-refractivity contribution in [2.75, 3.05) is 5.32 Å². The van der Waals surface area contributed by atoms with E-state index >= 15 is 0 Å². The average Bonchev–Trinajstić information content (AvgIpc) is 3.04. The molecule has 24 heavy (non-hydrogen) atoms. The molecule has 0 unspecified atom stereocenters. The summed E-state index contributed by atoms with van der Waals surface area (Å²) in [5, 5.41) is 12.1.